The summed E-state index contributed by atoms with van der Waals surface area (Å²) < 4.78 is 6.16. The summed E-state index contributed by atoms with van der Waals surface area (Å²) in [4.78, 5) is 15.1. The predicted octanol–water partition coefficient (Wildman–Crippen LogP) is 6.77. The lowest BCUT2D eigenvalue weighted by Crippen LogP contribution is -2.12. The number of pyridine rings is 1. The molecule has 1 aliphatic rings. The van der Waals surface area contributed by atoms with Crippen LogP contribution in [0.1, 0.15) is 63.9 Å². The molecule has 0 bridgehead atoms. The monoisotopic (exact) mass is 413 g/mol. The molecular formula is C23H31N3O2S. The van der Waals surface area contributed by atoms with Crippen molar-refractivity contribution in [3.05, 3.63) is 53.0 Å². The number of hydrogen-bond donors (Lipinski definition) is 0. The van der Waals surface area contributed by atoms with Gasteiger partial charge in [0.1, 0.15) is 23.1 Å². The molecular weight excluding hydrogens is 382 g/mol. The molecule has 0 spiro atoms. The summed E-state index contributed by atoms with van der Waals surface area (Å²) in [7, 11) is 0. The van der Waals surface area contributed by atoms with Crippen LogP contribution in [0.5, 0.6) is 0 Å². The van der Waals surface area contributed by atoms with Gasteiger partial charge in [-0.1, -0.05) is 32.5 Å². The fourth-order valence-electron chi connectivity index (χ4n) is 2.87. The van der Waals surface area contributed by atoms with Gasteiger partial charge in [0.05, 0.1) is 16.3 Å². The summed E-state index contributed by atoms with van der Waals surface area (Å²) in [5.74, 6) is 1.55. The van der Waals surface area contributed by atoms with Crippen LogP contribution >= 0.6 is 11.3 Å². The summed E-state index contributed by atoms with van der Waals surface area (Å²) in [5.41, 5.74) is 3.93. The van der Waals surface area contributed by atoms with Crippen molar-refractivity contribution < 1.29 is 9.57 Å². The minimum atomic E-state index is 0.630. The molecule has 0 radical (unpaired) electrons. The molecule has 0 fully saturated rings. The maximum Gasteiger partial charge on any atom is 0.138 e. The Labute approximate surface area is 178 Å². The third-order valence-electron chi connectivity index (χ3n) is 4.34. The van der Waals surface area contributed by atoms with Crippen molar-refractivity contribution >= 4 is 22.8 Å². The Balaban J connectivity index is 0.00000145. The molecule has 0 N–H and O–H groups in total. The number of aromatic nitrogens is 2. The zero-order valence-electron chi connectivity index (χ0n) is 18.1. The van der Waals surface area contributed by atoms with Gasteiger partial charge in [-0.25, -0.2) is 4.98 Å². The van der Waals surface area contributed by atoms with Crippen molar-refractivity contribution in [2.75, 3.05) is 6.61 Å². The van der Waals surface area contributed by atoms with Gasteiger partial charge in [0.2, 0.25) is 0 Å². The molecule has 2 heterocycles. The standard InChI is InChI=1S/C21H25N3O2S.C2H6/c1-5-12-25-24-18-9-6-10-19(14(18)2)26-16(4)20-15(3)23-21(27-20)17-8-7-11-22-13-17;1-2/h7-8,11,13H,4-6,9-10,12H2,1-3H3;1-2H3/b24-18+;. The first-order valence-electron chi connectivity index (χ1n) is 10.2. The average molecular weight is 414 g/mol. The zero-order valence-corrected chi connectivity index (χ0v) is 18.9. The molecule has 0 amide bonds. The fourth-order valence-corrected chi connectivity index (χ4v) is 3.84. The van der Waals surface area contributed by atoms with E-state index < -0.39 is 0 Å². The molecule has 0 saturated heterocycles. The van der Waals surface area contributed by atoms with Gasteiger partial charge in [-0.05, 0) is 45.2 Å². The van der Waals surface area contributed by atoms with Gasteiger partial charge < -0.3 is 9.57 Å². The fraction of sp³-hybridized carbons (Fsp3) is 0.435. The highest BCUT2D eigenvalue weighted by Gasteiger charge is 2.20. The van der Waals surface area contributed by atoms with Crippen molar-refractivity contribution in [2.45, 2.75) is 60.3 Å². The van der Waals surface area contributed by atoms with Gasteiger partial charge in [0.15, 0.2) is 0 Å². The lowest BCUT2D eigenvalue weighted by molar-refractivity contribution is 0.144. The number of rotatable bonds is 7. The Morgan fingerprint density at radius 3 is 2.76 bits per heavy atom. The summed E-state index contributed by atoms with van der Waals surface area (Å²) in [5, 5.41) is 5.20. The Bertz CT molecular complexity index is 870. The smallest absolute Gasteiger partial charge is 0.138 e. The van der Waals surface area contributed by atoms with Crippen LogP contribution < -0.4 is 0 Å². The van der Waals surface area contributed by atoms with E-state index in [4.69, 9.17) is 9.57 Å². The molecule has 29 heavy (non-hydrogen) atoms. The van der Waals surface area contributed by atoms with Crippen LogP contribution in [0.15, 0.2) is 47.6 Å². The van der Waals surface area contributed by atoms with E-state index in [1.165, 1.54) is 0 Å². The molecule has 0 aliphatic heterocycles. The molecule has 5 nitrogen and oxygen atoms in total. The second-order valence-electron chi connectivity index (χ2n) is 6.47. The van der Waals surface area contributed by atoms with Gasteiger partial charge in [-0.3, -0.25) is 4.98 Å². The second-order valence-corrected chi connectivity index (χ2v) is 7.47. The molecule has 6 heteroatoms. The molecule has 2 aromatic rings. The van der Waals surface area contributed by atoms with Gasteiger partial charge in [-0.2, -0.15) is 0 Å². The number of thiazole rings is 1. The number of aryl methyl sites for hydroxylation is 1. The van der Waals surface area contributed by atoms with Crippen LogP contribution in [0.3, 0.4) is 0 Å². The molecule has 1 aliphatic carbocycles. The highest BCUT2D eigenvalue weighted by molar-refractivity contribution is 7.16. The highest BCUT2D eigenvalue weighted by atomic mass is 32.1. The second kappa shape index (κ2) is 11.5. The van der Waals surface area contributed by atoms with Gasteiger partial charge in [0.25, 0.3) is 0 Å². The first-order valence-corrected chi connectivity index (χ1v) is 11.1. The summed E-state index contributed by atoms with van der Waals surface area (Å²) in [6.07, 6.45) is 7.32. The minimum Gasteiger partial charge on any atom is -0.460 e. The van der Waals surface area contributed by atoms with Crippen LogP contribution in [0.2, 0.25) is 0 Å². The van der Waals surface area contributed by atoms with Crippen LogP contribution in [-0.4, -0.2) is 22.3 Å². The third kappa shape index (κ3) is 6.00. The zero-order chi connectivity index (χ0) is 21.2. The number of nitrogens with zero attached hydrogens (tertiary/aromatic N) is 3. The molecule has 3 rings (SSSR count). The van der Waals surface area contributed by atoms with E-state index in [0.29, 0.717) is 12.4 Å². The Morgan fingerprint density at radius 1 is 1.28 bits per heavy atom. The van der Waals surface area contributed by atoms with E-state index in [-0.39, 0.29) is 0 Å². The van der Waals surface area contributed by atoms with Crippen molar-refractivity contribution in [1.29, 1.82) is 0 Å². The van der Waals surface area contributed by atoms with Crippen molar-refractivity contribution in [2.24, 2.45) is 5.16 Å². The van der Waals surface area contributed by atoms with Gasteiger partial charge in [-0.15, -0.1) is 11.3 Å². The SMILES string of the molecule is C=C(OC1=C(C)/C(=N/OCCC)CCC1)c1sc(-c2cccnc2)nc1C.CC. The van der Waals surface area contributed by atoms with Crippen molar-refractivity contribution in [3.8, 4) is 10.6 Å². The summed E-state index contributed by atoms with van der Waals surface area (Å²) in [6.45, 7) is 14.9. The van der Waals surface area contributed by atoms with E-state index in [1.807, 2.05) is 46.0 Å². The van der Waals surface area contributed by atoms with E-state index in [2.05, 4.69) is 28.6 Å². The molecule has 156 valence electrons. The average Bonchev–Trinajstić information content (AvgIpc) is 3.15. The normalized spacial score (nSPS) is 15.0. The first kappa shape index (κ1) is 22.8. The summed E-state index contributed by atoms with van der Waals surface area (Å²) >= 11 is 1.57. The number of oxime groups is 1. The van der Waals surface area contributed by atoms with E-state index in [9.17, 15) is 0 Å². The molecule has 2 aromatic heterocycles. The quantitative estimate of drug-likeness (QED) is 0.285. The number of allylic oxidation sites excluding steroid dienone is 2. The van der Waals surface area contributed by atoms with E-state index >= 15 is 0 Å². The van der Waals surface area contributed by atoms with Crippen molar-refractivity contribution in [1.82, 2.24) is 9.97 Å². The Kier molecular flexibility index (Phi) is 9.06. The number of ether oxygens (including phenoxy) is 1. The summed E-state index contributed by atoms with van der Waals surface area (Å²) in [6, 6.07) is 3.92. The largest absolute Gasteiger partial charge is 0.460 e. The molecule has 0 aromatic carbocycles. The van der Waals surface area contributed by atoms with Gasteiger partial charge in [0, 0.05) is 30.0 Å². The van der Waals surface area contributed by atoms with Crippen LogP contribution in [-0.2, 0) is 9.57 Å². The maximum atomic E-state index is 6.16. The predicted molar refractivity (Wildman–Crippen MR) is 122 cm³/mol. The number of hydrogen-bond acceptors (Lipinski definition) is 6. The van der Waals surface area contributed by atoms with Crippen LogP contribution in [0, 0.1) is 6.92 Å². The Hall–Kier alpha value is -2.47. The van der Waals surface area contributed by atoms with E-state index in [0.717, 1.165) is 63.9 Å². The topological polar surface area (TPSA) is 56.6 Å². The molecule has 0 atom stereocenters. The molecule has 0 saturated carbocycles. The van der Waals surface area contributed by atoms with Gasteiger partial charge >= 0.3 is 0 Å². The first-order chi connectivity index (χ1) is 14.1. The highest BCUT2D eigenvalue weighted by Crippen LogP contribution is 2.35. The lowest BCUT2D eigenvalue weighted by Gasteiger charge is -2.20. The Morgan fingerprint density at radius 2 is 2.07 bits per heavy atom. The van der Waals surface area contributed by atoms with Crippen molar-refractivity contribution in [3.63, 3.8) is 0 Å². The minimum absolute atomic E-state index is 0.630. The lowest BCUT2D eigenvalue weighted by atomic mass is 9.97. The maximum absolute atomic E-state index is 6.16. The van der Waals surface area contributed by atoms with Crippen LogP contribution in [0.4, 0.5) is 0 Å². The third-order valence-corrected chi connectivity index (χ3v) is 5.59. The molecule has 0 unspecified atom stereocenters. The van der Waals surface area contributed by atoms with Crippen LogP contribution in [0.25, 0.3) is 16.3 Å². The van der Waals surface area contributed by atoms with E-state index in [1.54, 1.807) is 17.5 Å².